The van der Waals surface area contributed by atoms with Crippen LogP contribution in [0.3, 0.4) is 0 Å². The number of nitrogens with zero attached hydrogens (tertiary/aromatic N) is 1. The van der Waals surface area contributed by atoms with Gasteiger partial charge in [0.2, 0.25) is 11.8 Å². The first-order chi connectivity index (χ1) is 5.90. The molecule has 2 amide bonds. The van der Waals surface area contributed by atoms with Crippen LogP contribution < -0.4 is 0 Å². The minimum Gasteiger partial charge on any atom is -0.324 e. The van der Waals surface area contributed by atoms with Gasteiger partial charge in [-0.3, -0.25) is 19.1 Å². The molecule has 74 valence electrons. The highest BCUT2D eigenvalue weighted by molar-refractivity contribution is 7.51. The van der Waals surface area contributed by atoms with Gasteiger partial charge in [0.1, 0.15) is 0 Å². The number of likely N-dealkylation sites (tertiary alicyclic amines) is 1. The predicted octanol–water partition coefficient (Wildman–Crippen LogP) is -0.687. The first kappa shape index (κ1) is 10.4. The average Bonchev–Trinajstić information content (AvgIpc) is 2.27. The summed E-state index contributed by atoms with van der Waals surface area (Å²) < 4.78 is 10.4. The minimum atomic E-state index is -4.12. The van der Waals surface area contributed by atoms with Crippen molar-refractivity contribution in [3.63, 3.8) is 0 Å². The fourth-order valence-corrected chi connectivity index (χ4v) is 1.56. The van der Waals surface area contributed by atoms with E-state index in [9.17, 15) is 14.2 Å². The molecule has 0 unspecified atom stereocenters. The molecule has 13 heavy (non-hydrogen) atoms. The van der Waals surface area contributed by atoms with Gasteiger partial charge in [0.15, 0.2) is 0 Å². The van der Waals surface area contributed by atoms with Gasteiger partial charge in [-0.2, -0.15) is 0 Å². The third-order valence-electron chi connectivity index (χ3n) is 1.77. The second-order valence-corrected chi connectivity index (χ2v) is 4.60. The maximum absolute atomic E-state index is 11.0. The molecule has 1 rings (SSSR count). The number of rotatable bonds is 3. The number of hydrogen-bond acceptors (Lipinski definition) is 3. The molecular formula is C6H10NO5P. The van der Waals surface area contributed by atoms with Crippen LogP contribution in [-0.2, 0) is 14.2 Å². The first-order valence-corrected chi connectivity index (χ1v) is 5.58. The van der Waals surface area contributed by atoms with Gasteiger partial charge in [0.25, 0.3) is 0 Å². The van der Waals surface area contributed by atoms with E-state index >= 15 is 0 Å². The van der Waals surface area contributed by atoms with E-state index in [1.165, 1.54) is 0 Å². The number of imide groups is 1. The van der Waals surface area contributed by atoms with Crippen molar-refractivity contribution in [2.75, 3.05) is 12.7 Å². The van der Waals surface area contributed by atoms with Crippen molar-refractivity contribution < 1.29 is 23.9 Å². The van der Waals surface area contributed by atoms with Gasteiger partial charge in [0.05, 0.1) is 6.16 Å². The molecule has 1 aliphatic heterocycles. The Morgan fingerprint density at radius 3 is 2.08 bits per heavy atom. The normalized spacial score (nSPS) is 18.5. The highest BCUT2D eigenvalue weighted by Crippen LogP contribution is 2.34. The summed E-state index contributed by atoms with van der Waals surface area (Å²) in [7, 11) is -4.12. The second-order valence-electron chi connectivity index (χ2n) is 2.83. The third-order valence-corrected chi connectivity index (χ3v) is 2.55. The highest BCUT2D eigenvalue weighted by atomic mass is 31.2. The summed E-state index contributed by atoms with van der Waals surface area (Å²) in [5, 5.41) is 0. The lowest BCUT2D eigenvalue weighted by Crippen LogP contribution is -2.31. The zero-order valence-corrected chi connectivity index (χ0v) is 7.74. The van der Waals surface area contributed by atoms with E-state index in [4.69, 9.17) is 9.79 Å². The zero-order valence-electron chi connectivity index (χ0n) is 6.84. The van der Waals surface area contributed by atoms with Crippen molar-refractivity contribution in [3.8, 4) is 0 Å². The number of amides is 2. The molecule has 0 aliphatic carbocycles. The van der Waals surface area contributed by atoms with E-state index in [1.807, 2.05) is 0 Å². The van der Waals surface area contributed by atoms with Crippen LogP contribution in [-0.4, -0.2) is 39.2 Å². The molecule has 7 heteroatoms. The fraction of sp³-hybridized carbons (Fsp3) is 0.667. The van der Waals surface area contributed by atoms with Crippen molar-refractivity contribution >= 4 is 19.4 Å². The van der Waals surface area contributed by atoms with E-state index in [0.717, 1.165) is 4.90 Å². The van der Waals surface area contributed by atoms with Gasteiger partial charge in [0, 0.05) is 19.4 Å². The lowest BCUT2D eigenvalue weighted by atomic mass is 10.4. The van der Waals surface area contributed by atoms with E-state index in [2.05, 4.69) is 0 Å². The molecule has 0 radical (unpaired) electrons. The summed E-state index contributed by atoms with van der Waals surface area (Å²) in [6.45, 7) is -0.179. The topological polar surface area (TPSA) is 94.9 Å². The molecule has 1 heterocycles. The highest BCUT2D eigenvalue weighted by Gasteiger charge is 2.30. The maximum atomic E-state index is 11.0. The van der Waals surface area contributed by atoms with Crippen molar-refractivity contribution in [2.24, 2.45) is 0 Å². The third kappa shape index (κ3) is 2.91. The van der Waals surface area contributed by atoms with Crippen LogP contribution in [0.4, 0.5) is 0 Å². The van der Waals surface area contributed by atoms with Crippen LogP contribution in [0.2, 0.25) is 0 Å². The Balaban J connectivity index is 2.49. The van der Waals surface area contributed by atoms with Gasteiger partial charge in [-0.15, -0.1) is 0 Å². The van der Waals surface area contributed by atoms with Crippen molar-refractivity contribution in [3.05, 3.63) is 0 Å². The molecule has 0 saturated carbocycles. The Hall–Kier alpha value is -0.710. The second kappa shape index (κ2) is 3.57. The summed E-state index contributed by atoms with van der Waals surface area (Å²) in [6, 6.07) is 0. The predicted molar refractivity (Wildman–Crippen MR) is 42.9 cm³/mol. The molecule has 0 aromatic rings. The summed E-state index contributed by atoms with van der Waals surface area (Å²) in [5.74, 6) is -0.697. The Morgan fingerprint density at radius 2 is 1.69 bits per heavy atom. The van der Waals surface area contributed by atoms with Gasteiger partial charge >= 0.3 is 7.60 Å². The number of hydrogen-bond donors (Lipinski definition) is 2. The first-order valence-electron chi connectivity index (χ1n) is 3.78. The van der Waals surface area contributed by atoms with Crippen LogP contribution in [0.15, 0.2) is 0 Å². The number of carbonyl (C=O) groups excluding carboxylic acids is 2. The molecule has 2 N–H and O–H groups in total. The maximum Gasteiger partial charge on any atom is 0.327 e. The molecule has 0 atom stereocenters. The summed E-state index contributed by atoms with van der Waals surface area (Å²) in [6.07, 6.45) is -0.148. The molecule has 6 nitrogen and oxygen atoms in total. The molecule has 1 aliphatic rings. The molecule has 1 saturated heterocycles. The van der Waals surface area contributed by atoms with E-state index < -0.39 is 13.8 Å². The van der Waals surface area contributed by atoms with Gasteiger partial charge in [-0.25, -0.2) is 0 Å². The Bertz CT molecular complexity index is 267. The van der Waals surface area contributed by atoms with Gasteiger partial charge < -0.3 is 9.79 Å². The van der Waals surface area contributed by atoms with Gasteiger partial charge in [-0.05, 0) is 0 Å². The molecule has 0 aromatic carbocycles. The zero-order chi connectivity index (χ0) is 10.1. The molecule has 0 spiro atoms. The molecular weight excluding hydrogens is 197 g/mol. The van der Waals surface area contributed by atoms with Crippen LogP contribution in [0.25, 0.3) is 0 Å². The summed E-state index contributed by atoms with van der Waals surface area (Å²) in [5.41, 5.74) is 0. The Kier molecular flexibility index (Phi) is 2.85. The quantitative estimate of drug-likeness (QED) is 0.472. The Morgan fingerprint density at radius 1 is 1.23 bits per heavy atom. The largest absolute Gasteiger partial charge is 0.327 e. The monoisotopic (exact) mass is 207 g/mol. The smallest absolute Gasteiger partial charge is 0.324 e. The van der Waals surface area contributed by atoms with Crippen LogP contribution in [0, 0.1) is 0 Å². The van der Waals surface area contributed by atoms with Crippen molar-refractivity contribution in [1.29, 1.82) is 0 Å². The Labute approximate surface area is 74.7 Å². The van der Waals surface area contributed by atoms with Crippen LogP contribution >= 0.6 is 7.60 Å². The van der Waals surface area contributed by atoms with Crippen molar-refractivity contribution in [1.82, 2.24) is 4.90 Å². The average molecular weight is 207 g/mol. The lowest BCUT2D eigenvalue weighted by molar-refractivity contribution is -0.137. The number of carbonyl (C=O) groups is 2. The lowest BCUT2D eigenvalue weighted by Gasteiger charge is -2.13. The summed E-state index contributed by atoms with van der Waals surface area (Å²) in [4.78, 5) is 39.8. The van der Waals surface area contributed by atoms with E-state index in [0.29, 0.717) is 0 Å². The molecule has 0 aromatic heterocycles. The van der Waals surface area contributed by atoms with Gasteiger partial charge in [-0.1, -0.05) is 0 Å². The minimum absolute atomic E-state index is 0.153. The molecule has 1 fully saturated rings. The van der Waals surface area contributed by atoms with E-state index in [1.54, 1.807) is 0 Å². The fourth-order valence-electron chi connectivity index (χ4n) is 1.10. The van der Waals surface area contributed by atoms with E-state index in [-0.39, 0.29) is 31.2 Å². The van der Waals surface area contributed by atoms with Crippen LogP contribution in [0.1, 0.15) is 12.8 Å². The SMILES string of the molecule is O=C1CCC(=O)N1CCP(=O)(O)O. The standard InChI is InChI=1S/C6H10NO5P/c8-5-1-2-6(9)7(5)3-4-13(10,11)12/h1-4H2,(H2,10,11,12). The van der Waals surface area contributed by atoms with Crippen molar-refractivity contribution in [2.45, 2.75) is 12.8 Å². The summed E-state index contributed by atoms with van der Waals surface area (Å²) >= 11 is 0. The van der Waals surface area contributed by atoms with Crippen LogP contribution in [0.5, 0.6) is 0 Å². The molecule has 0 bridgehead atoms.